The van der Waals surface area contributed by atoms with Gasteiger partial charge in [0, 0.05) is 36.1 Å². The highest BCUT2D eigenvalue weighted by atomic mass is 19.1. The molecule has 1 aromatic heterocycles. The highest BCUT2D eigenvalue weighted by Gasteiger charge is 2.29. The lowest BCUT2D eigenvalue weighted by Gasteiger charge is -2.33. The maximum Gasteiger partial charge on any atom is 0.421 e. The molecule has 0 radical (unpaired) electrons. The number of carbonyl (C=O) groups excluding carboxylic acids is 1. The molecular formula is C42H64F2N4O2. The minimum absolute atomic E-state index is 0.0556. The standard InChI is InChI=1S/C42H64F2N4O2/c1-41(2,3)25-17-12-10-8-7-9-11-13-18-29-50-40(49)47-46-27-19-26-45-39(42(4,5)6)38-30-34(36-31-35(43)22-23-37(36)44)32-48(38)28-24-33-20-15-14-16-21-33/h14-16,20-23,30-32,39,45-46H,7-13,17-19,24-29H2,1-6H3,(H,47,49)/t39-/m0/s1. The van der Waals surface area contributed by atoms with E-state index >= 15 is 0 Å². The van der Waals surface area contributed by atoms with Crippen LogP contribution in [-0.4, -0.2) is 30.4 Å². The van der Waals surface area contributed by atoms with Crippen molar-refractivity contribution in [3.63, 3.8) is 0 Å². The van der Waals surface area contributed by atoms with Gasteiger partial charge < -0.3 is 14.6 Å². The molecule has 3 N–H and O–H groups in total. The molecule has 0 saturated carbocycles. The number of rotatable bonds is 22. The molecule has 0 fully saturated rings. The third-order valence-corrected chi connectivity index (χ3v) is 9.14. The molecule has 0 bridgehead atoms. The number of aryl methyl sites for hydroxylation is 2. The summed E-state index contributed by atoms with van der Waals surface area (Å²) in [4.78, 5) is 12.1. The van der Waals surface area contributed by atoms with E-state index in [9.17, 15) is 13.6 Å². The number of nitrogens with zero attached hydrogens (tertiary/aromatic N) is 1. The zero-order valence-electron chi connectivity index (χ0n) is 31.7. The fourth-order valence-corrected chi connectivity index (χ4v) is 6.33. The maximum atomic E-state index is 14.8. The summed E-state index contributed by atoms with van der Waals surface area (Å²) in [6, 6.07) is 15.8. The number of benzene rings is 2. The van der Waals surface area contributed by atoms with E-state index in [1.165, 1.54) is 69.1 Å². The normalized spacial score (nSPS) is 12.6. The second-order valence-electron chi connectivity index (χ2n) is 16.0. The van der Waals surface area contributed by atoms with Gasteiger partial charge in [-0.3, -0.25) is 5.43 Å². The monoisotopic (exact) mass is 694 g/mol. The largest absolute Gasteiger partial charge is 0.449 e. The van der Waals surface area contributed by atoms with Crippen molar-refractivity contribution in [2.45, 2.75) is 131 Å². The van der Waals surface area contributed by atoms with Crippen LogP contribution in [0.5, 0.6) is 0 Å². The number of halogens is 2. The Kier molecular flexibility index (Phi) is 17.5. The smallest absolute Gasteiger partial charge is 0.421 e. The lowest BCUT2D eigenvalue weighted by Crippen LogP contribution is -2.40. The first-order chi connectivity index (χ1) is 23.8. The van der Waals surface area contributed by atoms with E-state index in [-0.39, 0.29) is 17.0 Å². The Hall–Kier alpha value is -3.23. The molecule has 1 amide bonds. The van der Waals surface area contributed by atoms with Gasteiger partial charge in [-0.1, -0.05) is 123 Å². The maximum absolute atomic E-state index is 14.8. The Balaban J connectivity index is 1.39. The van der Waals surface area contributed by atoms with Crippen LogP contribution in [-0.2, 0) is 17.7 Å². The van der Waals surface area contributed by atoms with Crippen molar-refractivity contribution in [3.8, 4) is 11.1 Å². The number of hydrazine groups is 1. The SMILES string of the molecule is CC(C)(C)CCCCCCCCCCCOC(=O)NNCCCN[C@@H](c1cc(-c2cc(F)ccc2F)cn1CCc1ccccc1)C(C)(C)C. The van der Waals surface area contributed by atoms with Crippen LogP contribution < -0.4 is 16.2 Å². The summed E-state index contributed by atoms with van der Waals surface area (Å²) in [5, 5.41) is 3.70. The summed E-state index contributed by atoms with van der Waals surface area (Å²) in [7, 11) is 0. The van der Waals surface area contributed by atoms with Crippen LogP contribution in [0.3, 0.4) is 0 Å². The minimum atomic E-state index is -0.464. The van der Waals surface area contributed by atoms with E-state index in [4.69, 9.17) is 4.74 Å². The quantitative estimate of drug-likeness (QED) is 0.0723. The number of carbonyl (C=O) groups is 1. The average molecular weight is 695 g/mol. The summed E-state index contributed by atoms with van der Waals surface area (Å²) in [5.74, 6) is -0.909. The van der Waals surface area contributed by atoms with E-state index in [1.54, 1.807) is 0 Å². The highest BCUT2D eigenvalue weighted by molar-refractivity contribution is 5.66. The first kappa shape index (κ1) is 41.2. The number of aromatic nitrogens is 1. The Labute approximate surface area is 301 Å². The van der Waals surface area contributed by atoms with Crippen LogP contribution in [0.4, 0.5) is 13.6 Å². The number of hydrogen-bond donors (Lipinski definition) is 3. The molecule has 0 aliphatic rings. The summed E-state index contributed by atoms with van der Waals surface area (Å²) >= 11 is 0. The molecule has 50 heavy (non-hydrogen) atoms. The third kappa shape index (κ3) is 15.8. The molecule has 0 aliphatic carbocycles. The van der Waals surface area contributed by atoms with Gasteiger partial charge in [0.05, 0.1) is 12.6 Å². The lowest BCUT2D eigenvalue weighted by molar-refractivity contribution is 0.139. The summed E-state index contributed by atoms with van der Waals surface area (Å²) < 4.78 is 36.5. The van der Waals surface area contributed by atoms with Crippen molar-refractivity contribution >= 4 is 6.09 Å². The van der Waals surface area contributed by atoms with Gasteiger partial charge in [-0.15, -0.1) is 0 Å². The minimum Gasteiger partial charge on any atom is -0.449 e. The molecule has 8 heteroatoms. The van der Waals surface area contributed by atoms with Crippen LogP contribution in [0.25, 0.3) is 11.1 Å². The Morgan fingerprint density at radius 1 is 0.800 bits per heavy atom. The van der Waals surface area contributed by atoms with Crippen molar-refractivity contribution in [2.24, 2.45) is 10.8 Å². The van der Waals surface area contributed by atoms with Gasteiger partial charge in [0.2, 0.25) is 0 Å². The zero-order valence-corrected chi connectivity index (χ0v) is 31.7. The second kappa shape index (κ2) is 21.2. The van der Waals surface area contributed by atoms with Crippen LogP contribution in [0.2, 0.25) is 0 Å². The van der Waals surface area contributed by atoms with Crippen LogP contribution in [0.15, 0.2) is 60.8 Å². The van der Waals surface area contributed by atoms with Gasteiger partial charge in [-0.2, -0.15) is 0 Å². The average Bonchev–Trinajstić information content (AvgIpc) is 3.47. The third-order valence-electron chi connectivity index (χ3n) is 9.14. The first-order valence-electron chi connectivity index (χ1n) is 18.9. The molecule has 1 atom stereocenters. The van der Waals surface area contributed by atoms with E-state index in [0.717, 1.165) is 37.4 Å². The molecule has 0 saturated heterocycles. The number of nitrogens with one attached hydrogen (secondary N) is 3. The lowest BCUT2D eigenvalue weighted by atomic mass is 9.84. The van der Waals surface area contributed by atoms with Crippen molar-refractivity contribution in [1.29, 1.82) is 0 Å². The van der Waals surface area contributed by atoms with Gasteiger partial charge in [0.15, 0.2) is 0 Å². The predicted molar refractivity (Wildman–Crippen MR) is 203 cm³/mol. The first-order valence-corrected chi connectivity index (χ1v) is 18.9. The van der Waals surface area contributed by atoms with Crippen molar-refractivity contribution < 1.29 is 18.3 Å². The topological polar surface area (TPSA) is 67.3 Å². The zero-order chi connectivity index (χ0) is 36.4. The van der Waals surface area contributed by atoms with Gasteiger partial charge in [0.25, 0.3) is 0 Å². The molecular weight excluding hydrogens is 630 g/mol. The summed E-state index contributed by atoms with van der Waals surface area (Å²) in [5.41, 5.74) is 9.05. The molecule has 0 unspecified atom stereocenters. The molecule has 2 aromatic carbocycles. The van der Waals surface area contributed by atoms with Crippen LogP contribution in [0, 0.1) is 22.5 Å². The predicted octanol–water partition coefficient (Wildman–Crippen LogP) is 10.9. The van der Waals surface area contributed by atoms with Crippen LogP contribution in [0.1, 0.15) is 129 Å². The van der Waals surface area contributed by atoms with Crippen molar-refractivity contribution in [1.82, 2.24) is 20.7 Å². The molecule has 278 valence electrons. The fourth-order valence-electron chi connectivity index (χ4n) is 6.33. The van der Waals surface area contributed by atoms with Crippen molar-refractivity contribution in [2.75, 3.05) is 19.7 Å². The molecule has 1 heterocycles. The Morgan fingerprint density at radius 2 is 1.46 bits per heavy atom. The Bertz CT molecular complexity index is 1390. The van der Waals surface area contributed by atoms with E-state index < -0.39 is 17.7 Å². The number of hydrogen-bond acceptors (Lipinski definition) is 4. The molecule has 0 spiro atoms. The molecule has 3 rings (SSSR count). The fraction of sp³-hybridized carbons (Fsp3) is 0.595. The van der Waals surface area contributed by atoms with Gasteiger partial charge in [-0.25, -0.2) is 19.0 Å². The van der Waals surface area contributed by atoms with E-state index in [0.29, 0.717) is 37.2 Å². The molecule has 3 aromatic rings. The molecule has 0 aliphatic heterocycles. The van der Waals surface area contributed by atoms with Crippen LogP contribution >= 0.6 is 0 Å². The van der Waals surface area contributed by atoms with Crippen molar-refractivity contribution in [3.05, 3.63) is 83.7 Å². The van der Waals surface area contributed by atoms with E-state index in [1.807, 2.05) is 30.5 Å². The van der Waals surface area contributed by atoms with Gasteiger partial charge in [0.1, 0.15) is 11.6 Å². The number of ether oxygens (including phenoxy) is 1. The molecule has 6 nitrogen and oxygen atoms in total. The highest BCUT2D eigenvalue weighted by Crippen LogP contribution is 2.37. The number of amides is 1. The van der Waals surface area contributed by atoms with Gasteiger partial charge >= 0.3 is 6.09 Å². The summed E-state index contributed by atoms with van der Waals surface area (Å²) in [6.45, 7) is 15.9. The summed E-state index contributed by atoms with van der Waals surface area (Å²) in [6.07, 6.45) is 15.4. The Morgan fingerprint density at radius 3 is 2.12 bits per heavy atom. The number of unbranched alkanes of at least 4 members (excludes halogenated alkanes) is 8. The van der Waals surface area contributed by atoms with E-state index in [2.05, 4.69) is 74.4 Å². The van der Waals surface area contributed by atoms with Gasteiger partial charge in [-0.05, 0) is 72.9 Å². The second-order valence-corrected chi connectivity index (χ2v) is 16.0.